The van der Waals surface area contributed by atoms with Crippen LogP contribution < -0.4 is 10.0 Å². The van der Waals surface area contributed by atoms with Crippen LogP contribution in [-0.4, -0.2) is 30.4 Å². The molecule has 2 aromatic carbocycles. The molecule has 0 unspecified atom stereocenters. The van der Waals surface area contributed by atoms with E-state index in [0.29, 0.717) is 27.9 Å². The van der Waals surface area contributed by atoms with Crippen molar-refractivity contribution in [1.29, 1.82) is 0 Å². The molecule has 4 aromatic rings. The van der Waals surface area contributed by atoms with Gasteiger partial charge in [0.05, 0.1) is 18.2 Å². The molecule has 2 aromatic heterocycles. The third kappa shape index (κ3) is 5.19. The third-order valence-electron chi connectivity index (χ3n) is 4.45. The lowest BCUT2D eigenvalue weighted by atomic mass is 10.2. The molecular formula is C22H19ClN4O4S. The third-order valence-corrected chi connectivity index (χ3v) is 5.29. The summed E-state index contributed by atoms with van der Waals surface area (Å²) in [5, 5.41) is 7.79. The minimum absolute atomic E-state index is 0.193. The van der Waals surface area contributed by atoms with Crippen molar-refractivity contribution in [2.24, 2.45) is 0 Å². The Balaban J connectivity index is 1.57. The Labute approximate surface area is 189 Å². The second kappa shape index (κ2) is 8.89. The van der Waals surface area contributed by atoms with Gasteiger partial charge in [-0.25, -0.2) is 13.1 Å². The van der Waals surface area contributed by atoms with Crippen molar-refractivity contribution in [2.45, 2.75) is 6.54 Å². The van der Waals surface area contributed by atoms with Crippen LogP contribution in [0.15, 0.2) is 77.4 Å². The summed E-state index contributed by atoms with van der Waals surface area (Å²) in [7, 11) is -3.39. The smallest absolute Gasteiger partial charge is 0.272 e. The number of anilines is 1. The van der Waals surface area contributed by atoms with Gasteiger partial charge in [0.15, 0.2) is 11.5 Å². The number of benzene rings is 2. The average Bonchev–Trinajstić information content (AvgIpc) is 3.41. The van der Waals surface area contributed by atoms with Gasteiger partial charge in [-0.3, -0.25) is 9.52 Å². The topological polar surface area (TPSA) is 106 Å². The van der Waals surface area contributed by atoms with Crippen LogP contribution in [0, 0.1) is 0 Å². The molecule has 0 atom stereocenters. The van der Waals surface area contributed by atoms with E-state index in [2.05, 4.69) is 15.1 Å². The zero-order chi connectivity index (χ0) is 22.7. The number of nitrogens with zero attached hydrogens (tertiary/aromatic N) is 2. The van der Waals surface area contributed by atoms with Crippen molar-refractivity contribution >= 4 is 33.2 Å². The molecule has 0 aliphatic rings. The SMILES string of the molecule is CS(=O)(=O)Nc1cccc(CNC(=O)c2cc(-c3ccco3)n(-c3cccc(Cl)c3)n2)c1. The highest BCUT2D eigenvalue weighted by atomic mass is 35.5. The van der Waals surface area contributed by atoms with Gasteiger partial charge in [-0.1, -0.05) is 29.8 Å². The summed E-state index contributed by atoms with van der Waals surface area (Å²) in [6.07, 6.45) is 2.62. The van der Waals surface area contributed by atoms with E-state index in [4.69, 9.17) is 16.0 Å². The number of hydrogen-bond donors (Lipinski definition) is 2. The first-order valence-corrected chi connectivity index (χ1v) is 11.8. The van der Waals surface area contributed by atoms with Crippen LogP contribution >= 0.6 is 11.6 Å². The number of amides is 1. The predicted molar refractivity (Wildman–Crippen MR) is 122 cm³/mol. The minimum atomic E-state index is -3.39. The van der Waals surface area contributed by atoms with Gasteiger partial charge in [-0.05, 0) is 48.0 Å². The van der Waals surface area contributed by atoms with E-state index in [-0.39, 0.29) is 18.1 Å². The van der Waals surface area contributed by atoms with Crippen molar-refractivity contribution < 1.29 is 17.6 Å². The number of sulfonamides is 1. The van der Waals surface area contributed by atoms with Crippen LogP contribution in [0.4, 0.5) is 5.69 Å². The van der Waals surface area contributed by atoms with Gasteiger partial charge < -0.3 is 9.73 Å². The van der Waals surface area contributed by atoms with Crippen LogP contribution in [0.3, 0.4) is 0 Å². The highest BCUT2D eigenvalue weighted by molar-refractivity contribution is 7.92. The molecule has 0 aliphatic heterocycles. The van der Waals surface area contributed by atoms with Crippen molar-refractivity contribution in [3.8, 4) is 17.1 Å². The van der Waals surface area contributed by atoms with Gasteiger partial charge in [0, 0.05) is 23.3 Å². The molecule has 8 nitrogen and oxygen atoms in total. The van der Waals surface area contributed by atoms with Gasteiger partial charge in [0.2, 0.25) is 10.0 Å². The quantitative estimate of drug-likeness (QED) is 0.423. The van der Waals surface area contributed by atoms with E-state index < -0.39 is 10.0 Å². The van der Waals surface area contributed by atoms with Crippen LogP contribution in [0.25, 0.3) is 17.1 Å². The normalized spacial score (nSPS) is 11.3. The van der Waals surface area contributed by atoms with E-state index in [1.54, 1.807) is 71.6 Å². The Morgan fingerprint density at radius 3 is 2.62 bits per heavy atom. The van der Waals surface area contributed by atoms with E-state index in [1.807, 2.05) is 6.07 Å². The molecule has 0 aliphatic carbocycles. The maximum Gasteiger partial charge on any atom is 0.272 e. The number of carbonyl (C=O) groups excluding carboxylic acids is 1. The zero-order valence-electron chi connectivity index (χ0n) is 16.9. The highest BCUT2D eigenvalue weighted by Crippen LogP contribution is 2.26. The van der Waals surface area contributed by atoms with Gasteiger partial charge in [-0.2, -0.15) is 5.10 Å². The Kier molecular flexibility index (Phi) is 6.02. The highest BCUT2D eigenvalue weighted by Gasteiger charge is 2.18. The summed E-state index contributed by atoms with van der Waals surface area (Å²) in [5.74, 6) is 0.163. The molecule has 2 N–H and O–H groups in total. The minimum Gasteiger partial charge on any atom is -0.463 e. The van der Waals surface area contributed by atoms with Gasteiger partial charge in [0.25, 0.3) is 5.91 Å². The molecule has 1 amide bonds. The van der Waals surface area contributed by atoms with Crippen molar-refractivity contribution in [1.82, 2.24) is 15.1 Å². The Morgan fingerprint density at radius 2 is 1.91 bits per heavy atom. The molecule has 4 rings (SSSR count). The fourth-order valence-electron chi connectivity index (χ4n) is 3.13. The maximum absolute atomic E-state index is 12.8. The summed E-state index contributed by atoms with van der Waals surface area (Å²) in [6, 6.07) is 19.1. The summed E-state index contributed by atoms with van der Waals surface area (Å²) in [5.41, 5.74) is 2.63. The largest absolute Gasteiger partial charge is 0.463 e. The number of aromatic nitrogens is 2. The molecule has 10 heteroatoms. The van der Waals surface area contributed by atoms with Crippen LogP contribution in [-0.2, 0) is 16.6 Å². The molecule has 32 heavy (non-hydrogen) atoms. The predicted octanol–water partition coefficient (Wildman–Crippen LogP) is 4.09. The summed E-state index contributed by atoms with van der Waals surface area (Å²) >= 11 is 6.13. The number of furan rings is 1. The Hall–Kier alpha value is -3.56. The second-order valence-electron chi connectivity index (χ2n) is 7.04. The molecule has 0 bridgehead atoms. The fourth-order valence-corrected chi connectivity index (χ4v) is 3.87. The van der Waals surface area contributed by atoms with Crippen LogP contribution in [0.5, 0.6) is 0 Å². The van der Waals surface area contributed by atoms with Crippen LogP contribution in [0.1, 0.15) is 16.1 Å². The van der Waals surface area contributed by atoms with Gasteiger partial charge >= 0.3 is 0 Å². The van der Waals surface area contributed by atoms with E-state index in [9.17, 15) is 13.2 Å². The van der Waals surface area contributed by atoms with Gasteiger partial charge in [0.1, 0.15) is 5.69 Å². The lowest BCUT2D eigenvalue weighted by Gasteiger charge is -2.07. The molecular weight excluding hydrogens is 452 g/mol. The number of halogens is 1. The summed E-state index contributed by atoms with van der Waals surface area (Å²) in [6.45, 7) is 0.193. The number of rotatable bonds is 7. The standard InChI is InChI=1S/C22H19ClN4O4S/c1-32(29,30)26-17-7-2-5-15(11-17)14-24-22(28)19-13-20(21-9-4-10-31-21)27(25-19)18-8-3-6-16(23)12-18/h2-13,26H,14H2,1H3,(H,24,28). The first kappa shape index (κ1) is 21.7. The molecule has 2 heterocycles. The number of nitrogens with one attached hydrogen (secondary N) is 2. The van der Waals surface area contributed by atoms with E-state index in [1.165, 1.54) is 0 Å². The van der Waals surface area contributed by atoms with Gasteiger partial charge in [-0.15, -0.1) is 0 Å². The lowest BCUT2D eigenvalue weighted by molar-refractivity contribution is 0.0945. The van der Waals surface area contributed by atoms with Crippen molar-refractivity contribution in [3.05, 3.63) is 89.3 Å². The second-order valence-corrected chi connectivity index (χ2v) is 9.23. The molecule has 0 saturated heterocycles. The Bertz CT molecular complexity index is 1360. The first-order chi connectivity index (χ1) is 15.3. The van der Waals surface area contributed by atoms with Crippen LogP contribution in [0.2, 0.25) is 5.02 Å². The maximum atomic E-state index is 12.8. The monoisotopic (exact) mass is 470 g/mol. The van der Waals surface area contributed by atoms with Crippen molar-refractivity contribution in [2.75, 3.05) is 11.0 Å². The van der Waals surface area contributed by atoms with E-state index in [0.717, 1.165) is 11.8 Å². The van der Waals surface area contributed by atoms with E-state index >= 15 is 0 Å². The fraction of sp³-hybridized carbons (Fsp3) is 0.0909. The zero-order valence-corrected chi connectivity index (χ0v) is 18.5. The lowest BCUT2D eigenvalue weighted by Crippen LogP contribution is -2.23. The molecule has 0 fully saturated rings. The molecule has 0 saturated carbocycles. The Morgan fingerprint density at radius 1 is 1.09 bits per heavy atom. The summed E-state index contributed by atoms with van der Waals surface area (Å²) in [4.78, 5) is 12.8. The number of carbonyl (C=O) groups is 1. The molecule has 164 valence electrons. The molecule has 0 radical (unpaired) electrons. The summed E-state index contributed by atoms with van der Waals surface area (Å²) < 4.78 is 32.4. The number of hydrogen-bond acceptors (Lipinski definition) is 5. The average molecular weight is 471 g/mol. The first-order valence-electron chi connectivity index (χ1n) is 9.53. The molecule has 0 spiro atoms. The van der Waals surface area contributed by atoms with Crippen molar-refractivity contribution in [3.63, 3.8) is 0 Å².